The van der Waals surface area contributed by atoms with Gasteiger partial charge >= 0.3 is 0 Å². The van der Waals surface area contributed by atoms with Crippen LogP contribution in [0.2, 0.25) is 0 Å². The van der Waals surface area contributed by atoms with E-state index in [2.05, 4.69) is 24.2 Å². The monoisotopic (exact) mass is 211 g/mol. The van der Waals surface area contributed by atoms with Gasteiger partial charge in [0.25, 0.3) is 0 Å². The summed E-state index contributed by atoms with van der Waals surface area (Å²) in [5.74, 6) is 0. The van der Waals surface area contributed by atoms with E-state index in [-0.39, 0.29) is 5.41 Å². The number of nitrogens with zero attached hydrogens (tertiary/aromatic N) is 2. The summed E-state index contributed by atoms with van der Waals surface area (Å²) < 4.78 is 0. The molecule has 1 unspecified atom stereocenters. The molecule has 3 nitrogen and oxygen atoms in total. The van der Waals surface area contributed by atoms with Gasteiger partial charge in [-0.3, -0.25) is 10.3 Å². The van der Waals surface area contributed by atoms with E-state index in [4.69, 9.17) is 5.26 Å². The van der Waals surface area contributed by atoms with Gasteiger partial charge in [-0.25, -0.2) is 0 Å². The Labute approximate surface area is 90.0 Å². The molecule has 14 heavy (non-hydrogen) atoms. The van der Waals surface area contributed by atoms with E-state index >= 15 is 0 Å². The highest BCUT2D eigenvalue weighted by Crippen LogP contribution is 2.39. The molecule has 0 aromatic heterocycles. The number of hydrogen-bond donors (Lipinski definition) is 1. The van der Waals surface area contributed by atoms with E-state index in [9.17, 15) is 0 Å². The SMILES string of the molecule is CSC(=NC1CCCC1(C)C)NC#N. The van der Waals surface area contributed by atoms with Crippen molar-refractivity contribution in [1.29, 1.82) is 5.26 Å². The van der Waals surface area contributed by atoms with Crippen LogP contribution in [0.1, 0.15) is 33.1 Å². The van der Waals surface area contributed by atoms with E-state index in [1.165, 1.54) is 24.6 Å². The van der Waals surface area contributed by atoms with Crippen LogP contribution in [0.3, 0.4) is 0 Å². The smallest absolute Gasteiger partial charge is 0.183 e. The molecule has 1 saturated carbocycles. The Morgan fingerprint density at radius 1 is 1.64 bits per heavy atom. The Balaban J connectivity index is 2.69. The molecule has 1 N–H and O–H groups in total. The minimum absolute atomic E-state index is 0.290. The fourth-order valence-corrected chi connectivity index (χ4v) is 2.25. The quantitative estimate of drug-likeness (QED) is 0.313. The highest BCUT2D eigenvalue weighted by molar-refractivity contribution is 8.13. The first kappa shape index (κ1) is 11.4. The first-order valence-electron chi connectivity index (χ1n) is 4.87. The molecule has 78 valence electrons. The lowest BCUT2D eigenvalue weighted by molar-refractivity contribution is 0.334. The summed E-state index contributed by atoms with van der Waals surface area (Å²) in [6.45, 7) is 4.50. The topological polar surface area (TPSA) is 48.2 Å². The van der Waals surface area contributed by atoms with Crippen LogP contribution >= 0.6 is 11.8 Å². The number of aliphatic imine (C=N–C) groups is 1. The molecule has 1 atom stereocenters. The number of thioether (sulfide) groups is 1. The first-order chi connectivity index (χ1) is 6.60. The Kier molecular flexibility index (Phi) is 3.82. The normalized spacial score (nSPS) is 25.9. The lowest BCUT2D eigenvalue weighted by Crippen LogP contribution is -2.25. The number of nitriles is 1. The van der Waals surface area contributed by atoms with Crippen LogP contribution in [-0.4, -0.2) is 17.5 Å². The summed E-state index contributed by atoms with van der Waals surface area (Å²) in [5, 5.41) is 11.9. The minimum Gasteiger partial charge on any atom is -0.272 e. The van der Waals surface area contributed by atoms with Crippen molar-refractivity contribution in [3.8, 4) is 6.19 Å². The summed E-state index contributed by atoms with van der Waals surface area (Å²) >= 11 is 1.50. The number of nitrogens with one attached hydrogen (secondary N) is 1. The van der Waals surface area contributed by atoms with Crippen molar-refractivity contribution in [2.75, 3.05) is 6.26 Å². The van der Waals surface area contributed by atoms with Crippen LogP contribution in [0.5, 0.6) is 0 Å². The maximum atomic E-state index is 8.52. The summed E-state index contributed by atoms with van der Waals surface area (Å²) in [6.07, 6.45) is 7.47. The van der Waals surface area contributed by atoms with Gasteiger partial charge in [0.05, 0.1) is 6.04 Å². The van der Waals surface area contributed by atoms with Crippen LogP contribution in [0.15, 0.2) is 4.99 Å². The maximum absolute atomic E-state index is 8.52. The molecule has 0 aromatic carbocycles. The second-order valence-electron chi connectivity index (χ2n) is 4.27. The average molecular weight is 211 g/mol. The fourth-order valence-electron chi connectivity index (χ4n) is 1.87. The number of rotatable bonds is 1. The molecule has 1 aliphatic rings. The Bertz CT molecular complexity index is 265. The summed E-state index contributed by atoms with van der Waals surface area (Å²) in [4.78, 5) is 4.58. The Hall–Kier alpha value is -0.690. The first-order valence-corrected chi connectivity index (χ1v) is 6.09. The molecule has 0 aromatic rings. The third-order valence-electron chi connectivity index (χ3n) is 2.83. The standard InChI is InChI=1S/C10H17N3S/c1-10(2)6-4-5-8(10)13-9(14-3)12-7-11/h8H,4-6H2,1-3H3,(H,12,13). The lowest BCUT2D eigenvalue weighted by atomic mass is 9.88. The van der Waals surface area contributed by atoms with Crippen molar-refractivity contribution in [3.63, 3.8) is 0 Å². The van der Waals surface area contributed by atoms with E-state index in [0.717, 1.165) is 11.6 Å². The molecule has 0 aliphatic heterocycles. The minimum atomic E-state index is 0.290. The summed E-state index contributed by atoms with van der Waals surface area (Å²) in [7, 11) is 0. The van der Waals surface area contributed by atoms with Crippen LogP contribution in [-0.2, 0) is 0 Å². The highest BCUT2D eigenvalue weighted by atomic mass is 32.2. The van der Waals surface area contributed by atoms with Crippen LogP contribution in [0.25, 0.3) is 0 Å². The summed E-state index contributed by atoms with van der Waals surface area (Å²) in [6, 6.07) is 0.366. The van der Waals surface area contributed by atoms with Crippen LogP contribution in [0.4, 0.5) is 0 Å². The second kappa shape index (κ2) is 4.70. The van der Waals surface area contributed by atoms with Gasteiger partial charge < -0.3 is 0 Å². The largest absolute Gasteiger partial charge is 0.272 e. The van der Waals surface area contributed by atoms with Gasteiger partial charge in [-0.1, -0.05) is 32.0 Å². The zero-order valence-electron chi connectivity index (χ0n) is 9.00. The maximum Gasteiger partial charge on any atom is 0.183 e. The third kappa shape index (κ3) is 2.65. The molecular weight excluding hydrogens is 194 g/mol. The van der Waals surface area contributed by atoms with Crippen LogP contribution < -0.4 is 5.32 Å². The molecule has 0 bridgehead atoms. The van der Waals surface area contributed by atoms with Crippen molar-refractivity contribution < 1.29 is 0 Å². The highest BCUT2D eigenvalue weighted by Gasteiger charge is 2.34. The Morgan fingerprint density at radius 3 is 2.79 bits per heavy atom. The molecule has 0 radical (unpaired) electrons. The van der Waals surface area contributed by atoms with Crippen molar-refractivity contribution in [2.45, 2.75) is 39.2 Å². The van der Waals surface area contributed by atoms with Gasteiger partial charge in [0.15, 0.2) is 11.4 Å². The van der Waals surface area contributed by atoms with Gasteiger partial charge in [0.1, 0.15) is 0 Å². The van der Waals surface area contributed by atoms with Crippen molar-refractivity contribution in [2.24, 2.45) is 10.4 Å². The second-order valence-corrected chi connectivity index (χ2v) is 5.07. The van der Waals surface area contributed by atoms with Crippen molar-refractivity contribution in [3.05, 3.63) is 0 Å². The molecule has 0 spiro atoms. The van der Waals surface area contributed by atoms with Gasteiger partial charge in [-0.2, -0.15) is 5.26 Å². The van der Waals surface area contributed by atoms with E-state index < -0.39 is 0 Å². The molecule has 1 aliphatic carbocycles. The van der Waals surface area contributed by atoms with Crippen LogP contribution in [0, 0.1) is 16.9 Å². The van der Waals surface area contributed by atoms with Gasteiger partial charge in [-0.15, -0.1) is 0 Å². The van der Waals surface area contributed by atoms with Gasteiger partial charge in [-0.05, 0) is 24.5 Å². The molecule has 4 heteroatoms. The predicted octanol–water partition coefficient (Wildman–Crippen LogP) is 2.35. The third-order valence-corrected chi connectivity index (χ3v) is 3.42. The number of hydrogen-bond acceptors (Lipinski definition) is 3. The predicted molar refractivity (Wildman–Crippen MR) is 61.1 cm³/mol. The number of amidine groups is 1. The molecule has 0 amide bonds. The van der Waals surface area contributed by atoms with Gasteiger partial charge in [0.2, 0.25) is 0 Å². The zero-order chi connectivity index (χ0) is 10.6. The molecular formula is C10H17N3S. The lowest BCUT2D eigenvalue weighted by Gasteiger charge is -2.23. The van der Waals surface area contributed by atoms with Crippen molar-refractivity contribution >= 4 is 16.9 Å². The van der Waals surface area contributed by atoms with E-state index in [1.54, 1.807) is 0 Å². The Morgan fingerprint density at radius 2 is 2.36 bits per heavy atom. The van der Waals surface area contributed by atoms with Gasteiger partial charge in [0, 0.05) is 0 Å². The van der Waals surface area contributed by atoms with Crippen molar-refractivity contribution in [1.82, 2.24) is 5.32 Å². The molecule has 0 saturated heterocycles. The molecule has 0 heterocycles. The van der Waals surface area contributed by atoms with E-state index in [0.29, 0.717) is 6.04 Å². The molecule has 1 rings (SSSR count). The molecule has 1 fully saturated rings. The van der Waals surface area contributed by atoms with E-state index in [1.807, 2.05) is 12.4 Å². The average Bonchev–Trinajstić information content (AvgIpc) is 2.45. The summed E-state index contributed by atoms with van der Waals surface area (Å²) in [5.41, 5.74) is 0.290. The fraction of sp³-hybridized carbons (Fsp3) is 0.800. The zero-order valence-corrected chi connectivity index (χ0v) is 9.82.